The summed E-state index contributed by atoms with van der Waals surface area (Å²) in [6.45, 7) is 0.385. The topological polar surface area (TPSA) is 66.3 Å². The monoisotopic (exact) mass is 291 g/mol. The molecule has 0 bridgehead atoms. The number of carbonyl (C=O) groups is 1. The lowest BCUT2D eigenvalue weighted by molar-refractivity contribution is -0.141. The molecule has 1 aliphatic rings. The third-order valence-corrected chi connectivity index (χ3v) is 3.29. The standard InChI is InChI=1S/C10H8F3N3O2S/c11-10(12,13)7-3-8(15-5-14-7)16-1-2-19-6(4-16)9(17)18/h3-5H,1-2H2,(H,17,18). The first-order chi connectivity index (χ1) is 8.88. The second-order valence-electron chi connectivity index (χ2n) is 3.60. The van der Waals surface area contributed by atoms with E-state index in [0.29, 0.717) is 12.3 Å². The highest BCUT2D eigenvalue weighted by Crippen LogP contribution is 2.30. The van der Waals surface area contributed by atoms with Crippen LogP contribution in [0.1, 0.15) is 5.69 Å². The predicted octanol–water partition coefficient (Wildman–Crippen LogP) is 1.97. The van der Waals surface area contributed by atoms with Crippen LogP contribution in [-0.4, -0.2) is 33.3 Å². The van der Waals surface area contributed by atoms with Crippen molar-refractivity contribution < 1.29 is 23.1 Å². The van der Waals surface area contributed by atoms with Crippen LogP contribution in [0.25, 0.3) is 0 Å². The van der Waals surface area contributed by atoms with E-state index in [9.17, 15) is 18.0 Å². The molecule has 1 aliphatic heterocycles. The molecule has 0 aromatic carbocycles. The summed E-state index contributed by atoms with van der Waals surface area (Å²) >= 11 is 1.13. The third kappa shape index (κ3) is 3.16. The highest BCUT2D eigenvalue weighted by Gasteiger charge is 2.33. The van der Waals surface area contributed by atoms with E-state index >= 15 is 0 Å². The molecule has 0 fully saturated rings. The van der Waals surface area contributed by atoms with Crippen LogP contribution in [0.4, 0.5) is 19.0 Å². The van der Waals surface area contributed by atoms with Gasteiger partial charge >= 0.3 is 12.1 Å². The molecule has 0 unspecified atom stereocenters. The second kappa shape index (κ2) is 5.08. The summed E-state index contributed by atoms with van der Waals surface area (Å²) in [5, 5.41) is 8.86. The van der Waals surface area contributed by atoms with Crippen molar-refractivity contribution >= 4 is 23.5 Å². The Morgan fingerprint density at radius 1 is 1.42 bits per heavy atom. The van der Waals surface area contributed by atoms with Gasteiger partial charge in [-0.1, -0.05) is 0 Å². The van der Waals surface area contributed by atoms with Crippen molar-refractivity contribution in [2.75, 3.05) is 17.2 Å². The number of aromatic nitrogens is 2. The lowest BCUT2D eigenvalue weighted by Gasteiger charge is -2.24. The number of carboxylic acids is 1. The van der Waals surface area contributed by atoms with Crippen molar-refractivity contribution in [3.05, 3.63) is 29.2 Å². The predicted molar refractivity (Wildman–Crippen MR) is 62.6 cm³/mol. The van der Waals surface area contributed by atoms with E-state index < -0.39 is 17.8 Å². The number of thioether (sulfide) groups is 1. The molecule has 2 heterocycles. The Morgan fingerprint density at radius 3 is 2.79 bits per heavy atom. The van der Waals surface area contributed by atoms with E-state index in [1.54, 1.807) is 0 Å². The molecule has 19 heavy (non-hydrogen) atoms. The maximum absolute atomic E-state index is 12.5. The molecule has 1 aromatic heterocycles. The van der Waals surface area contributed by atoms with E-state index in [1.807, 2.05) is 0 Å². The number of rotatable bonds is 2. The maximum Gasteiger partial charge on any atom is 0.433 e. The van der Waals surface area contributed by atoms with Crippen molar-refractivity contribution in [3.8, 4) is 0 Å². The van der Waals surface area contributed by atoms with Crippen LogP contribution in [0, 0.1) is 0 Å². The van der Waals surface area contributed by atoms with Gasteiger partial charge in [-0.2, -0.15) is 13.2 Å². The minimum atomic E-state index is -4.55. The first-order valence-electron chi connectivity index (χ1n) is 5.12. The number of alkyl halides is 3. The molecule has 102 valence electrons. The van der Waals surface area contributed by atoms with Crippen molar-refractivity contribution in [2.45, 2.75) is 6.18 Å². The van der Waals surface area contributed by atoms with Gasteiger partial charge in [0.2, 0.25) is 0 Å². The summed E-state index contributed by atoms with van der Waals surface area (Å²) in [5.74, 6) is -0.620. The highest BCUT2D eigenvalue weighted by molar-refractivity contribution is 8.04. The van der Waals surface area contributed by atoms with Crippen LogP contribution < -0.4 is 4.90 Å². The Bertz CT molecular complexity index is 533. The summed E-state index contributed by atoms with van der Waals surface area (Å²) in [7, 11) is 0. The Morgan fingerprint density at radius 2 is 2.16 bits per heavy atom. The maximum atomic E-state index is 12.5. The van der Waals surface area contributed by atoms with Gasteiger partial charge < -0.3 is 10.0 Å². The van der Waals surface area contributed by atoms with Crippen LogP contribution in [0.2, 0.25) is 0 Å². The summed E-state index contributed by atoms with van der Waals surface area (Å²) in [6, 6.07) is 0.798. The van der Waals surface area contributed by atoms with Crippen molar-refractivity contribution in [1.82, 2.24) is 9.97 Å². The summed E-state index contributed by atoms with van der Waals surface area (Å²) < 4.78 is 37.6. The van der Waals surface area contributed by atoms with Gasteiger partial charge in [0.25, 0.3) is 0 Å². The molecular formula is C10H8F3N3O2S. The molecule has 1 N–H and O–H groups in total. The van der Waals surface area contributed by atoms with Crippen LogP contribution in [0.3, 0.4) is 0 Å². The number of nitrogens with zero attached hydrogens (tertiary/aromatic N) is 3. The second-order valence-corrected chi connectivity index (χ2v) is 4.74. The quantitative estimate of drug-likeness (QED) is 0.898. The summed E-state index contributed by atoms with van der Waals surface area (Å²) in [5.41, 5.74) is -1.05. The van der Waals surface area contributed by atoms with Crippen molar-refractivity contribution in [1.29, 1.82) is 0 Å². The fourth-order valence-electron chi connectivity index (χ4n) is 1.45. The fourth-order valence-corrected chi connectivity index (χ4v) is 2.29. The lowest BCUT2D eigenvalue weighted by atomic mass is 10.3. The molecule has 2 rings (SSSR count). The van der Waals surface area contributed by atoms with Crippen molar-refractivity contribution in [2.24, 2.45) is 0 Å². The molecule has 9 heteroatoms. The van der Waals surface area contributed by atoms with E-state index in [2.05, 4.69) is 9.97 Å². The van der Waals surface area contributed by atoms with Gasteiger partial charge in [0, 0.05) is 24.6 Å². The van der Waals surface area contributed by atoms with E-state index in [-0.39, 0.29) is 10.7 Å². The SMILES string of the molecule is O=C(O)C1=CN(c2cc(C(F)(F)F)ncn2)CCS1. The van der Waals surface area contributed by atoms with E-state index in [0.717, 1.165) is 24.2 Å². The van der Waals surface area contributed by atoms with Crippen molar-refractivity contribution in [3.63, 3.8) is 0 Å². The van der Waals surface area contributed by atoms with Gasteiger partial charge in [0.15, 0.2) is 0 Å². The molecule has 5 nitrogen and oxygen atoms in total. The average molecular weight is 291 g/mol. The Balaban J connectivity index is 2.32. The Labute approximate surface area is 110 Å². The molecule has 0 saturated carbocycles. The number of anilines is 1. The zero-order chi connectivity index (χ0) is 14.0. The van der Waals surface area contributed by atoms with Crippen LogP contribution in [0.15, 0.2) is 23.5 Å². The molecular weight excluding hydrogens is 283 g/mol. The zero-order valence-electron chi connectivity index (χ0n) is 9.39. The number of hydrogen-bond acceptors (Lipinski definition) is 5. The molecule has 0 spiro atoms. The average Bonchev–Trinajstić information content (AvgIpc) is 2.38. The van der Waals surface area contributed by atoms with Crippen LogP contribution in [0.5, 0.6) is 0 Å². The lowest BCUT2D eigenvalue weighted by Crippen LogP contribution is -2.26. The Hall–Kier alpha value is -1.77. The zero-order valence-corrected chi connectivity index (χ0v) is 10.2. The Kier molecular flexibility index (Phi) is 3.65. The van der Waals surface area contributed by atoms with Gasteiger partial charge in [0.1, 0.15) is 22.7 Å². The number of carboxylic acid groups (broad SMARTS) is 1. The molecule has 0 aliphatic carbocycles. The van der Waals surface area contributed by atoms with E-state index in [4.69, 9.17) is 5.11 Å². The molecule has 1 aromatic rings. The molecule has 0 radical (unpaired) electrons. The summed E-state index contributed by atoms with van der Waals surface area (Å²) in [4.78, 5) is 19.2. The van der Waals surface area contributed by atoms with E-state index in [1.165, 1.54) is 11.1 Å². The normalized spacial score (nSPS) is 16.2. The first kappa shape index (κ1) is 13.7. The van der Waals surface area contributed by atoms with Gasteiger partial charge in [-0.25, -0.2) is 14.8 Å². The molecule has 0 atom stereocenters. The highest BCUT2D eigenvalue weighted by atomic mass is 32.2. The minimum Gasteiger partial charge on any atom is -0.477 e. The fraction of sp³-hybridized carbons (Fsp3) is 0.300. The van der Waals surface area contributed by atoms with Gasteiger partial charge in [-0.05, 0) is 0 Å². The number of halogens is 3. The first-order valence-corrected chi connectivity index (χ1v) is 6.10. The molecule has 0 saturated heterocycles. The summed E-state index contributed by atoms with van der Waals surface area (Å²) in [6.07, 6.45) is -2.46. The largest absolute Gasteiger partial charge is 0.477 e. The van der Waals surface area contributed by atoms with Crippen LogP contribution >= 0.6 is 11.8 Å². The molecule has 0 amide bonds. The number of aliphatic carboxylic acids is 1. The third-order valence-electron chi connectivity index (χ3n) is 2.31. The minimum absolute atomic E-state index is 0.0291. The van der Waals surface area contributed by atoms with Crippen LogP contribution in [-0.2, 0) is 11.0 Å². The van der Waals surface area contributed by atoms with Gasteiger partial charge in [0.05, 0.1) is 0 Å². The van der Waals surface area contributed by atoms with Gasteiger partial charge in [-0.15, -0.1) is 11.8 Å². The smallest absolute Gasteiger partial charge is 0.433 e. The van der Waals surface area contributed by atoms with Gasteiger partial charge in [-0.3, -0.25) is 0 Å². The number of hydrogen-bond donors (Lipinski definition) is 1.